The van der Waals surface area contributed by atoms with E-state index in [0.29, 0.717) is 25.4 Å². The lowest BCUT2D eigenvalue weighted by Crippen LogP contribution is -2.50. The summed E-state index contributed by atoms with van der Waals surface area (Å²) in [5.74, 6) is 0.983. The maximum atomic E-state index is 11.9. The molecule has 0 bridgehead atoms. The molecule has 0 saturated carbocycles. The Kier molecular flexibility index (Phi) is 5.17. The van der Waals surface area contributed by atoms with E-state index in [0.717, 1.165) is 25.3 Å². The lowest BCUT2D eigenvalue weighted by atomic mass is 10.3. The van der Waals surface area contributed by atoms with Gasteiger partial charge >= 0.3 is 0 Å². The third-order valence-electron chi connectivity index (χ3n) is 3.30. The summed E-state index contributed by atoms with van der Waals surface area (Å²) in [6.45, 7) is 5.85. The third-order valence-corrected chi connectivity index (χ3v) is 3.30. The average Bonchev–Trinajstić information content (AvgIpc) is 2.48. The molecule has 1 saturated heterocycles. The van der Waals surface area contributed by atoms with Crippen molar-refractivity contribution in [3.05, 3.63) is 18.3 Å². The van der Waals surface area contributed by atoms with E-state index in [1.54, 1.807) is 6.20 Å². The molecule has 1 aliphatic heterocycles. The number of carbonyl (C=O) groups excluding carboxylic acids is 1. The number of hydrogen-bond donors (Lipinski definition) is 1. The number of anilines is 2. The highest BCUT2D eigenvalue weighted by Gasteiger charge is 2.21. The fourth-order valence-corrected chi connectivity index (χ4v) is 2.16. The van der Waals surface area contributed by atoms with Crippen molar-refractivity contribution in [1.82, 2.24) is 9.88 Å². The van der Waals surface area contributed by atoms with Crippen LogP contribution in [0.5, 0.6) is 0 Å². The molecule has 1 aromatic heterocycles. The largest absolute Gasteiger partial charge is 0.397 e. The first-order valence-corrected chi connectivity index (χ1v) is 7.02. The highest BCUT2D eigenvalue weighted by Crippen LogP contribution is 2.14. The minimum absolute atomic E-state index is 0.0726. The molecule has 6 nitrogen and oxygen atoms in total. The predicted octanol–water partition coefficient (Wildman–Crippen LogP) is 0.739. The van der Waals surface area contributed by atoms with E-state index in [1.165, 1.54) is 0 Å². The number of ether oxygens (including phenoxy) is 1. The van der Waals surface area contributed by atoms with Crippen LogP contribution >= 0.6 is 0 Å². The van der Waals surface area contributed by atoms with Gasteiger partial charge in [0.15, 0.2) is 0 Å². The first kappa shape index (κ1) is 14.6. The van der Waals surface area contributed by atoms with Crippen LogP contribution in [-0.4, -0.2) is 55.2 Å². The van der Waals surface area contributed by atoms with E-state index in [4.69, 9.17) is 10.5 Å². The van der Waals surface area contributed by atoms with Crippen LogP contribution in [-0.2, 0) is 9.53 Å². The Labute approximate surface area is 119 Å². The van der Waals surface area contributed by atoms with E-state index >= 15 is 0 Å². The Morgan fingerprint density at radius 3 is 2.70 bits per heavy atom. The van der Waals surface area contributed by atoms with Gasteiger partial charge in [-0.1, -0.05) is 6.92 Å². The summed E-state index contributed by atoms with van der Waals surface area (Å²) >= 11 is 0. The van der Waals surface area contributed by atoms with E-state index in [2.05, 4.69) is 9.88 Å². The Bertz CT molecular complexity index is 427. The number of piperazine rings is 1. The maximum Gasteiger partial charge on any atom is 0.248 e. The van der Waals surface area contributed by atoms with Gasteiger partial charge < -0.3 is 20.3 Å². The molecule has 1 fully saturated rings. The number of amides is 1. The van der Waals surface area contributed by atoms with Crippen molar-refractivity contribution in [2.24, 2.45) is 0 Å². The Balaban J connectivity index is 1.80. The van der Waals surface area contributed by atoms with E-state index in [9.17, 15) is 4.79 Å². The molecule has 1 amide bonds. The summed E-state index contributed by atoms with van der Waals surface area (Å²) < 4.78 is 5.29. The van der Waals surface area contributed by atoms with E-state index in [-0.39, 0.29) is 12.5 Å². The molecular weight excluding hydrogens is 256 g/mol. The number of carbonyl (C=O) groups is 1. The fourth-order valence-electron chi connectivity index (χ4n) is 2.16. The van der Waals surface area contributed by atoms with Crippen molar-refractivity contribution in [1.29, 1.82) is 0 Å². The smallest absolute Gasteiger partial charge is 0.248 e. The summed E-state index contributed by atoms with van der Waals surface area (Å²) in [4.78, 5) is 20.2. The second kappa shape index (κ2) is 7.09. The zero-order chi connectivity index (χ0) is 14.4. The summed E-state index contributed by atoms with van der Waals surface area (Å²) in [5, 5.41) is 0. The van der Waals surface area contributed by atoms with Crippen molar-refractivity contribution >= 4 is 17.4 Å². The van der Waals surface area contributed by atoms with Crippen LogP contribution in [0.1, 0.15) is 13.3 Å². The highest BCUT2D eigenvalue weighted by atomic mass is 16.5. The van der Waals surface area contributed by atoms with Crippen LogP contribution in [0.4, 0.5) is 11.5 Å². The summed E-state index contributed by atoms with van der Waals surface area (Å²) in [6.07, 6.45) is 2.59. The van der Waals surface area contributed by atoms with Crippen molar-refractivity contribution in [2.75, 3.05) is 50.0 Å². The monoisotopic (exact) mass is 278 g/mol. The minimum atomic E-state index is 0.0726. The van der Waals surface area contributed by atoms with Gasteiger partial charge in [0.2, 0.25) is 5.91 Å². The van der Waals surface area contributed by atoms with Gasteiger partial charge in [-0.05, 0) is 18.6 Å². The molecule has 0 radical (unpaired) electrons. The molecule has 2 heterocycles. The van der Waals surface area contributed by atoms with Crippen molar-refractivity contribution < 1.29 is 9.53 Å². The SMILES string of the molecule is CCCOCC(=O)N1CCN(c2ccc(N)cn2)CC1. The van der Waals surface area contributed by atoms with Gasteiger partial charge in [-0.25, -0.2) is 4.98 Å². The molecule has 1 aromatic rings. The normalized spacial score (nSPS) is 15.4. The third kappa shape index (κ3) is 3.84. The maximum absolute atomic E-state index is 11.9. The Morgan fingerprint density at radius 2 is 2.10 bits per heavy atom. The van der Waals surface area contributed by atoms with Gasteiger partial charge in [-0.15, -0.1) is 0 Å². The molecule has 0 atom stereocenters. The molecule has 0 aliphatic carbocycles. The quantitative estimate of drug-likeness (QED) is 0.804. The number of aromatic nitrogens is 1. The summed E-state index contributed by atoms with van der Waals surface area (Å²) in [7, 11) is 0. The van der Waals surface area contributed by atoms with Crippen molar-refractivity contribution in [2.45, 2.75) is 13.3 Å². The number of nitrogens with zero attached hydrogens (tertiary/aromatic N) is 3. The number of nitrogens with two attached hydrogens (primary N) is 1. The Morgan fingerprint density at radius 1 is 1.35 bits per heavy atom. The molecule has 20 heavy (non-hydrogen) atoms. The van der Waals surface area contributed by atoms with Crippen LogP contribution in [0.2, 0.25) is 0 Å². The number of rotatable bonds is 5. The van der Waals surface area contributed by atoms with Gasteiger partial charge in [0.25, 0.3) is 0 Å². The average molecular weight is 278 g/mol. The first-order chi connectivity index (χ1) is 9.70. The standard InChI is InChI=1S/C14H22N4O2/c1-2-9-20-11-14(19)18-7-5-17(6-8-18)13-4-3-12(15)10-16-13/h3-4,10H,2,5-9,11,15H2,1H3. The minimum Gasteiger partial charge on any atom is -0.397 e. The molecule has 110 valence electrons. The molecular formula is C14H22N4O2. The molecule has 6 heteroatoms. The van der Waals surface area contributed by atoms with Gasteiger partial charge in [-0.3, -0.25) is 4.79 Å². The number of pyridine rings is 1. The molecule has 0 unspecified atom stereocenters. The summed E-state index contributed by atoms with van der Waals surface area (Å²) in [5.41, 5.74) is 6.29. The van der Waals surface area contributed by atoms with E-state index < -0.39 is 0 Å². The fraction of sp³-hybridized carbons (Fsp3) is 0.571. The van der Waals surface area contributed by atoms with Gasteiger partial charge in [0, 0.05) is 32.8 Å². The van der Waals surface area contributed by atoms with Crippen LogP contribution in [0, 0.1) is 0 Å². The van der Waals surface area contributed by atoms with Gasteiger partial charge in [-0.2, -0.15) is 0 Å². The predicted molar refractivity (Wildman–Crippen MR) is 78.6 cm³/mol. The second-order valence-corrected chi connectivity index (χ2v) is 4.87. The highest BCUT2D eigenvalue weighted by molar-refractivity contribution is 5.77. The van der Waals surface area contributed by atoms with Gasteiger partial charge in [0.1, 0.15) is 12.4 Å². The number of hydrogen-bond acceptors (Lipinski definition) is 5. The van der Waals surface area contributed by atoms with Crippen molar-refractivity contribution in [3.8, 4) is 0 Å². The molecule has 0 aromatic carbocycles. The van der Waals surface area contributed by atoms with Crippen LogP contribution in [0.25, 0.3) is 0 Å². The van der Waals surface area contributed by atoms with Crippen LogP contribution in [0.15, 0.2) is 18.3 Å². The second-order valence-electron chi connectivity index (χ2n) is 4.87. The molecule has 2 N–H and O–H groups in total. The zero-order valence-electron chi connectivity index (χ0n) is 11.9. The van der Waals surface area contributed by atoms with Gasteiger partial charge in [0.05, 0.1) is 11.9 Å². The lowest BCUT2D eigenvalue weighted by Gasteiger charge is -2.35. The first-order valence-electron chi connectivity index (χ1n) is 7.02. The topological polar surface area (TPSA) is 71.7 Å². The van der Waals surface area contributed by atoms with Crippen LogP contribution in [0.3, 0.4) is 0 Å². The van der Waals surface area contributed by atoms with Crippen molar-refractivity contribution in [3.63, 3.8) is 0 Å². The van der Waals surface area contributed by atoms with Crippen LogP contribution < -0.4 is 10.6 Å². The molecule has 0 spiro atoms. The lowest BCUT2D eigenvalue weighted by molar-refractivity contribution is -0.136. The molecule has 1 aliphatic rings. The molecule has 2 rings (SSSR count). The number of nitrogen functional groups attached to an aromatic ring is 1. The van der Waals surface area contributed by atoms with E-state index in [1.807, 2.05) is 24.0 Å². The summed E-state index contributed by atoms with van der Waals surface area (Å²) in [6, 6.07) is 3.76. The zero-order valence-corrected chi connectivity index (χ0v) is 11.9. The Hall–Kier alpha value is -1.82.